The summed E-state index contributed by atoms with van der Waals surface area (Å²) in [7, 11) is 0. The fourth-order valence-corrected chi connectivity index (χ4v) is 2.37. The fourth-order valence-electron chi connectivity index (χ4n) is 2.37. The van der Waals surface area contributed by atoms with Crippen LogP contribution in [0.4, 0.5) is 13.2 Å². The lowest BCUT2D eigenvalue weighted by molar-refractivity contribution is -0.153. The fraction of sp³-hybridized carbons (Fsp3) is 0.625. The van der Waals surface area contributed by atoms with Crippen LogP contribution in [0.3, 0.4) is 0 Å². The molecule has 1 aromatic carbocycles. The largest absolute Gasteiger partial charge is 0.490 e. The lowest BCUT2D eigenvalue weighted by Gasteiger charge is -2.23. The van der Waals surface area contributed by atoms with Gasteiger partial charge in [-0.1, -0.05) is 6.07 Å². The molecule has 1 aliphatic rings. The van der Waals surface area contributed by atoms with E-state index in [0.29, 0.717) is 31.5 Å². The van der Waals surface area contributed by atoms with Crippen molar-refractivity contribution in [2.45, 2.75) is 38.5 Å². The maximum Gasteiger partial charge on any atom is 0.422 e. The van der Waals surface area contributed by atoms with Gasteiger partial charge in [-0.25, -0.2) is 0 Å². The maximum atomic E-state index is 12.3. The van der Waals surface area contributed by atoms with Gasteiger partial charge in [0, 0.05) is 19.2 Å². The second-order valence-corrected chi connectivity index (χ2v) is 5.41. The van der Waals surface area contributed by atoms with Crippen molar-refractivity contribution in [3.8, 4) is 11.5 Å². The zero-order valence-corrected chi connectivity index (χ0v) is 13.1. The summed E-state index contributed by atoms with van der Waals surface area (Å²) in [6.07, 6.45) is -2.28. The van der Waals surface area contributed by atoms with Crippen LogP contribution in [-0.2, 0) is 11.3 Å². The highest BCUT2D eigenvalue weighted by atomic mass is 19.4. The molecule has 0 spiro atoms. The molecule has 7 heteroatoms. The van der Waals surface area contributed by atoms with Gasteiger partial charge in [0.1, 0.15) is 0 Å². The molecular weight excluding hydrogens is 311 g/mol. The van der Waals surface area contributed by atoms with Crippen LogP contribution in [0, 0.1) is 0 Å². The van der Waals surface area contributed by atoms with E-state index in [9.17, 15) is 13.2 Å². The molecule has 1 unspecified atom stereocenters. The summed E-state index contributed by atoms with van der Waals surface area (Å²) in [5.74, 6) is 0.435. The van der Waals surface area contributed by atoms with Crippen molar-refractivity contribution in [1.82, 2.24) is 5.32 Å². The normalized spacial score (nSPS) is 18.7. The van der Waals surface area contributed by atoms with E-state index in [1.165, 1.54) is 6.07 Å². The molecule has 1 atom stereocenters. The summed E-state index contributed by atoms with van der Waals surface area (Å²) in [6.45, 7) is 2.90. The first kappa shape index (κ1) is 17.9. The smallest absolute Gasteiger partial charge is 0.422 e. The van der Waals surface area contributed by atoms with Crippen LogP contribution >= 0.6 is 0 Å². The summed E-state index contributed by atoms with van der Waals surface area (Å²) in [5.41, 5.74) is 0.929. The van der Waals surface area contributed by atoms with Gasteiger partial charge in [-0.3, -0.25) is 0 Å². The van der Waals surface area contributed by atoms with Gasteiger partial charge in [0.05, 0.1) is 13.2 Å². The molecule has 130 valence electrons. The van der Waals surface area contributed by atoms with E-state index < -0.39 is 12.8 Å². The Kier molecular flexibility index (Phi) is 6.53. The summed E-state index contributed by atoms with van der Waals surface area (Å²) in [5, 5.41) is 3.38. The molecule has 4 nitrogen and oxygen atoms in total. The Morgan fingerprint density at radius 3 is 2.74 bits per heavy atom. The molecule has 1 aliphatic heterocycles. The number of rotatable bonds is 7. The Hall–Kier alpha value is -1.47. The van der Waals surface area contributed by atoms with E-state index in [-0.39, 0.29) is 5.75 Å². The minimum Gasteiger partial charge on any atom is -0.490 e. The van der Waals surface area contributed by atoms with Crippen molar-refractivity contribution >= 4 is 0 Å². The first-order valence-electron chi connectivity index (χ1n) is 7.74. The molecular formula is C16H22F3NO3. The van der Waals surface area contributed by atoms with Crippen molar-refractivity contribution in [2.75, 3.05) is 26.4 Å². The Bertz CT molecular complexity index is 488. The van der Waals surface area contributed by atoms with Crippen molar-refractivity contribution in [3.05, 3.63) is 23.8 Å². The van der Waals surface area contributed by atoms with Gasteiger partial charge in [-0.15, -0.1) is 0 Å². The zero-order valence-electron chi connectivity index (χ0n) is 13.1. The molecule has 0 bridgehead atoms. The number of ether oxygens (including phenoxy) is 3. The van der Waals surface area contributed by atoms with E-state index in [1.807, 2.05) is 0 Å². The molecule has 2 rings (SSSR count). The maximum absolute atomic E-state index is 12.3. The summed E-state index contributed by atoms with van der Waals surface area (Å²) >= 11 is 0. The molecule has 1 fully saturated rings. The van der Waals surface area contributed by atoms with E-state index in [4.69, 9.17) is 14.2 Å². The van der Waals surface area contributed by atoms with E-state index in [2.05, 4.69) is 5.32 Å². The molecule has 0 aromatic heterocycles. The quantitative estimate of drug-likeness (QED) is 0.831. The van der Waals surface area contributed by atoms with Gasteiger partial charge in [-0.05, 0) is 37.5 Å². The third-order valence-electron chi connectivity index (χ3n) is 3.45. The molecule has 1 N–H and O–H groups in total. The molecule has 1 saturated heterocycles. The highest BCUT2D eigenvalue weighted by Gasteiger charge is 2.29. The number of alkyl halides is 3. The Morgan fingerprint density at radius 2 is 2.09 bits per heavy atom. The van der Waals surface area contributed by atoms with E-state index in [1.54, 1.807) is 19.1 Å². The molecule has 0 radical (unpaired) electrons. The zero-order chi connectivity index (χ0) is 16.7. The van der Waals surface area contributed by atoms with Gasteiger partial charge in [0.15, 0.2) is 18.1 Å². The van der Waals surface area contributed by atoms with Crippen LogP contribution in [0.5, 0.6) is 11.5 Å². The minimum absolute atomic E-state index is 0.105. The number of hydrogen-bond acceptors (Lipinski definition) is 4. The SMILES string of the molecule is CCOc1cc(CNC2CCCOC2)ccc1OCC(F)(F)F. The second kappa shape index (κ2) is 8.40. The number of halogens is 3. The second-order valence-electron chi connectivity index (χ2n) is 5.41. The highest BCUT2D eigenvalue weighted by Crippen LogP contribution is 2.30. The van der Waals surface area contributed by atoms with Crippen molar-refractivity contribution in [3.63, 3.8) is 0 Å². The average molecular weight is 333 g/mol. The van der Waals surface area contributed by atoms with Crippen LogP contribution in [0.2, 0.25) is 0 Å². The van der Waals surface area contributed by atoms with Crippen molar-refractivity contribution in [1.29, 1.82) is 0 Å². The first-order chi connectivity index (χ1) is 11.0. The predicted molar refractivity (Wildman–Crippen MR) is 79.8 cm³/mol. The van der Waals surface area contributed by atoms with Crippen LogP contribution < -0.4 is 14.8 Å². The van der Waals surface area contributed by atoms with Gasteiger partial charge >= 0.3 is 6.18 Å². The molecule has 0 aliphatic carbocycles. The minimum atomic E-state index is -4.37. The van der Waals surface area contributed by atoms with Crippen LogP contribution in [0.1, 0.15) is 25.3 Å². The lowest BCUT2D eigenvalue weighted by atomic mass is 10.1. The Labute approximate surface area is 133 Å². The van der Waals surface area contributed by atoms with Crippen molar-refractivity contribution < 1.29 is 27.4 Å². The summed E-state index contributed by atoms with van der Waals surface area (Å²) in [4.78, 5) is 0. The third kappa shape index (κ3) is 6.27. The highest BCUT2D eigenvalue weighted by molar-refractivity contribution is 5.43. The number of benzene rings is 1. The first-order valence-corrected chi connectivity index (χ1v) is 7.74. The number of nitrogens with one attached hydrogen (secondary N) is 1. The third-order valence-corrected chi connectivity index (χ3v) is 3.45. The summed E-state index contributed by atoms with van der Waals surface area (Å²) in [6, 6.07) is 5.28. The van der Waals surface area contributed by atoms with E-state index in [0.717, 1.165) is 25.0 Å². The molecule has 0 saturated carbocycles. The monoisotopic (exact) mass is 333 g/mol. The van der Waals surface area contributed by atoms with Gasteiger partial charge < -0.3 is 19.5 Å². The Morgan fingerprint density at radius 1 is 1.26 bits per heavy atom. The van der Waals surface area contributed by atoms with Gasteiger partial charge in [-0.2, -0.15) is 13.2 Å². The predicted octanol–water partition coefficient (Wildman–Crippen LogP) is 3.30. The molecule has 1 aromatic rings. The molecule has 23 heavy (non-hydrogen) atoms. The van der Waals surface area contributed by atoms with Crippen LogP contribution in [0.15, 0.2) is 18.2 Å². The van der Waals surface area contributed by atoms with Crippen LogP contribution in [-0.4, -0.2) is 38.6 Å². The topological polar surface area (TPSA) is 39.7 Å². The number of hydrogen-bond donors (Lipinski definition) is 1. The van der Waals surface area contributed by atoms with Crippen LogP contribution in [0.25, 0.3) is 0 Å². The van der Waals surface area contributed by atoms with Gasteiger partial charge in [0.25, 0.3) is 0 Å². The molecule has 0 amide bonds. The Balaban J connectivity index is 1.96. The van der Waals surface area contributed by atoms with E-state index >= 15 is 0 Å². The summed E-state index contributed by atoms with van der Waals surface area (Å²) < 4.78 is 52.4. The molecule has 1 heterocycles. The van der Waals surface area contributed by atoms with Crippen molar-refractivity contribution in [2.24, 2.45) is 0 Å². The average Bonchev–Trinajstić information content (AvgIpc) is 2.52. The lowest BCUT2D eigenvalue weighted by Crippen LogP contribution is -2.36. The van der Waals surface area contributed by atoms with Gasteiger partial charge in [0.2, 0.25) is 0 Å². The standard InChI is InChI=1S/C16H22F3NO3/c1-2-22-15-8-12(9-20-13-4-3-7-21-10-13)5-6-14(15)23-11-16(17,18)19/h5-6,8,13,20H,2-4,7,9-11H2,1H3.